The van der Waals surface area contributed by atoms with Crippen molar-refractivity contribution in [3.05, 3.63) is 0 Å². The molecule has 0 aliphatic carbocycles. The summed E-state index contributed by atoms with van der Waals surface area (Å²) in [6.07, 6.45) is 1.29. The summed E-state index contributed by atoms with van der Waals surface area (Å²) < 4.78 is 0.451. The van der Waals surface area contributed by atoms with Crippen molar-refractivity contribution in [2.24, 2.45) is 0 Å². The molecule has 1 N–H and O–H groups in total. The fourth-order valence-electron chi connectivity index (χ4n) is 1.24. The maximum absolute atomic E-state index is 3.46. The number of nitrogens with zero attached hydrogens (tertiary/aromatic N) is 1. The highest BCUT2D eigenvalue weighted by atomic mass is 127. The fraction of sp³-hybridized carbons (Fsp3) is 1.00. The van der Waals surface area contributed by atoms with Gasteiger partial charge >= 0.3 is 0 Å². The van der Waals surface area contributed by atoms with Crippen LogP contribution in [0.4, 0.5) is 0 Å². The lowest BCUT2D eigenvalue weighted by atomic mass is 10.1. The third kappa shape index (κ3) is 3.71. The summed E-state index contributed by atoms with van der Waals surface area (Å²) in [4.78, 5) is 2.39. The second kappa shape index (κ2) is 4.05. The monoisotopic (exact) mass is 268 g/mol. The van der Waals surface area contributed by atoms with E-state index in [0.29, 0.717) is 3.42 Å². The molecule has 1 atom stereocenters. The number of halogens is 1. The molecule has 1 aliphatic heterocycles. The van der Waals surface area contributed by atoms with E-state index >= 15 is 0 Å². The van der Waals surface area contributed by atoms with Crippen LogP contribution in [0.2, 0.25) is 0 Å². The van der Waals surface area contributed by atoms with Gasteiger partial charge in [-0.25, -0.2) is 0 Å². The van der Waals surface area contributed by atoms with Crippen LogP contribution in [-0.2, 0) is 0 Å². The largest absolute Gasteiger partial charge is 0.314 e. The smallest absolute Gasteiger partial charge is 0.0330 e. The third-order valence-corrected chi connectivity index (χ3v) is 3.10. The molecule has 0 aromatic heterocycles. The number of likely N-dealkylation sites (N-methyl/N-ethyl adjacent to an activating group) is 1. The molecule has 0 bridgehead atoms. The molecule has 0 radical (unpaired) electrons. The Bertz CT molecular complexity index is 125. The van der Waals surface area contributed by atoms with E-state index in [2.05, 4.69) is 46.8 Å². The van der Waals surface area contributed by atoms with Crippen LogP contribution in [0.25, 0.3) is 0 Å². The Kier molecular flexibility index (Phi) is 3.58. The molecule has 1 fully saturated rings. The van der Waals surface area contributed by atoms with Gasteiger partial charge in [-0.15, -0.1) is 0 Å². The summed E-state index contributed by atoms with van der Waals surface area (Å²) in [6, 6.07) is 0. The first-order chi connectivity index (χ1) is 5.10. The van der Waals surface area contributed by atoms with Gasteiger partial charge in [-0.05, 0) is 26.9 Å². The van der Waals surface area contributed by atoms with Crippen molar-refractivity contribution in [1.82, 2.24) is 10.2 Å². The van der Waals surface area contributed by atoms with Gasteiger partial charge < -0.3 is 10.2 Å². The molecule has 1 heterocycles. The van der Waals surface area contributed by atoms with Crippen molar-refractivity contribution in [2.75, 3.05) is 33.2 Å². The molecule has 1 saturated heterocycles. The van der Waals surface area contributed by atoms with Crippen LogP contribution >= 0.6 is 22.6 Å². The molecule has 1 rings (SSSR count). The second-order valence-electron chi connectivity index (χ2n) is 3.64. The zero-order valence-electron chi connectivity index (χ0n) is 7.36. The Morgan fingerprint density at radius 3 is 2.91 bits per heavy atom. The predicted octanol–water partition coefficient (Wildman–Crippen LogP) is 1.11. The summed E-state index contributed by atoms with van der Waals surface area (Å²) in [5.41, 5.74) is 0. The molecule has 1 aliphatic rings. The molecular formula is C8H17IN2. The van der Waals surface area contributed by atoms with E-state index in [1.165, 1.54) is 19.5 Å². The van der Waals surface area contributed by atoms with E-state index < -0.39 is 0 Å². The lowest BCUT2D eigenvalue weighted by Gasteiger charge is -2.29. The van der Waals surface area contributed by atoms with E-state index in [1.54, 1.807) is 0 Å². The van der Waals surface area contributed by atoms with Crippen LogP contribution in [0.5, 0.6) is 0 Å². The lowest BCUT2D eigenvalue weighted by molar-refractivity contribution is 0.292. The normalized spacial score (nSPS) is 36.3. The summed E-state index contributed by atoms with van der Waals surface area (Å²) in [6.45, 7) is 7.03. The van der Waals surface area contributed by atoms with Gasteiger partial charge in [0.25, 0.3) is 0 Å². The first kappa shape index (κ1) is 9.74. The highest BCUT2D eigenvalue weighted by molar-refractivity contribution is 14.1. The van der Waals surface area contributed by atoms with Crippen molar-refractivity contribution in [2.45, 2.75) is 16.8 Å². The van der Waals surface area contributed by atoms with Gasteiger partial charge in [-0.3, -0.25) is 0 Å². The molecule has 66 valence electrons. The van der Waals surface area contributed by atoms with E-state index in [-0.39, 0.29) is 0 Å². The Morgan fingerprint density at radius 2 is 2.18 bits per heavy atom. The Labute approximate surface area is 82.9 Å². The maximum atomic E-state index is 3.46. The molecule has 0 amide bonds. The molecule has 11 heavy (non-hydrogen) atoms. The molecular weight excluding hydrogens is 251 g/mol. The van der Waals surface area contributed by atoms with Crippen LogP contribution in [0.3, 0.4) is 0 Å². The molecule has 0 aromatic rings. The minimum Gasteiger partial charge on any atom is -0.314 e. The molecule has 0 aromatic carbocycles. The topological polar surface area (TPSA) is 15.3 Å². The van der Waals surface area contributed by atoms with Crippen LogP contribution in [0.15, 0.2) is 0 Å². The van der Waals surface area contributed by atoms with Gasteiger partial charge in [0.1, 0.15) is 0 Å². The minimum atomic E-state index is 0.451. The summed E-state index contributed by atoms with van der Waals surface area (Å²) >= 11 is 2.55. The first-order valence-corrected chi connectivity index (χ1v) is 5.26. The molecule has 3 heteroatoms. The highest BCUT2D eigenvalue weighted by Crippen LogP contribution is 2.22. The van der Waals surface area contributed by atoms with Crippen molar-refractivity contribution >= 4 is 22.6 Å². The SMILES string of the molecule is CN1CCNCC(C)(I)CC1. The molecule has 2 nitrogen and oxygen atoms in total. The van der Waals surface area contributed by atoms with Crippen LogP contribution < -0.4 is 5.32 Å². The van der Waals surface area contributed by atoms with Crippen LogP contribution in [0.1, 0.15) is 13.3 Å². The average Bonchev–Trinajstić information content (AvgIpc) is 1.92. The van der Waals surface area contributed by atoms with Gasteiger partial charge in [0.2, 0.25) is 0 Å². The van der Waals surface area contributed by atoms with Crippen molar-refractivity contribution in [3.63, 3.8) is 0 Å². The van der Waals surface area contributed by atoms with Gasteiger partial charge in [-0.2, -0.15) is 0 Å². The molecule has 0 saturated carbocycles. The number of alkyl halides is 1. The predicted molar refractivity (Wildman–Crippen MR) is 57.4 cm³/mol. The lowest BCUT2D eigenvalue weighted by Crippen LogP contribution is -2.42. The number of hydrogen-bond acceptors (Lipinski definition) is 2. The van der Waals surface area contributed by atoms with Crippen molar-refractivity contribution in [3.8, 4) is 0 Å². The third-order valence-electron chi connectivity index (χ3n) is 2.18. The van der Waals surface area contributed by atoms with E-state index in [1.807, 2.05) is 0 Å². The number of rotatable bonds is 0. The summed E-state index contributed by atoms with van der Waals surface area (Å²) in [5, 5.41) is 3.46. The van der Waals surface area contributed by atoms with Crippen LogP contribution in [0, 0.1) is 0 Å². The van der Waals surface area contributed by atoms with Gasteiger partial charge in [0.05, 0.1) is 0 Å². The minimum absolute atomic E-state index is 0.451. The summed E-state index contributed by atoms with van der Waals surface area (Å²) in [5.74, 6) is 0. The van der Waals surface area contributed by atoms with E-state index in [0.717, 1.165) is 13.1 Å². The van der Waals surface area contributed by atoms with Crippen molar-refractivity contribution < 1.29 is 0 Å². The van der Waals surface area contributed by atoms with Crippen LogP contribution in [-0.4, -0.2) is 41.5 Å². The highest BCUT2D eigenvalue weighted by Gasteiger charge is 2.21. The standard InChI is InChI=1S/C8H17IN2/c1-8(9)3-5-11(2)6-4-10-7-8/h10H,3-7H2,1-2H3. The zero-order valence-corrected chi connectivity index (χ0v) is 9.52. The Balaban J connectivity index is 2.38. The summed E-state index contributed by atoms with van der Waals surface area (Å²) in [7, 11) is 2.19. The van der Waals surface area contributed by atoms with Crippen molar-refractivity contribution in [1.29, 1.82) is 0 Å². The Morgan fingerprint density at radius 1 is 1.45 bits per heavy atom. The molecule has 0 spiro atoms. The number of hydrogen-bond donors (Lipinski definition) is 1. The Hall–Kier alpha value is 0.650. The van der Waals surface area contributed by atoms with Gasteiger partial charge in [-0.1, -0.05) is 22.6 Å². The van der Waals surface area contributed by atoms with E-state index in [4.69, 9.17) is 0 Å². The quantitative estimate of drug-likeness (QED) is 0.523. The van der Waals surface area contributed by atoms with Gasteiger partial charge in [0, 0.05) is 23.1 Å². The molecule has 1 unspecified atom stereocenters. The fourth-order valence-corrected chi connectivity index (χ4v) is 1.75. The second-order valence-corrected chi connectivity index (χ2v) is 6.25. The van der Waals surface area contributed by atoms with E-state index in [9.17, 15) is 0 Å². The number of nitrogens with one attached hydrogen (secondary N) is 1. The zero-order chi connectivity index (χ0) is 8.32. The van der Waals surface area contributed by atoms with Gasteiger partial charge in [0.15, 0.2) is 0 Å². The average molecular weight is 268 g/mol. The maximum Gasteiger partial charge on any atom is 0.0330 e. The first-order valence-electron chi connectivity index (χ1n) is 4.18.